The van der Waals surface area contributed by atoms with Crippen LogP contribution >= 0.6 is 15.9 Å². The van der Waals surface area contributed by atoms with Crippen molar-refractivity contribution in [1.82, 2.24) is 0 Å². The molecule has 0 radical (unpaired) electrons. The normalized spacial score (nSPS) is 13.5. The molecule has 0 aliphatic heterocycles. The Hall–Kier alpha value is 0.480. The minimum absolute atomic E-state index is 0.465. The van der Waals surface area contributed by atoms with E-state index in [1.54, 1.807) is 0 Å². The first-order valence-corrected chi connectivity index (χ1v) is 6.01. The second-order valence-corrected chi connectivity index (χ2v) is 5.88. The van der Waals surface area contributed by atoms with Gasteiger partial charge in [-0.3, -0.25) is 0 Å². The van der Waals surface area contributed by atoms with Crippen LogP contribution in [-0.4, -0.2) is 5.33 Å². The third kappa shape index (κ3) is 5.18. The van der Waals surface area contributed by atoms with Gasteiger partial charge in [-0.25, -0.2) is 0 Å². The van der Waals surface area contributed by atoms with Crippen molar-refractivity contribution in [3.8, 4) is 0 Å². The first-order valence-electron chi connectivity index (χ1n) is 4.89. The van der Waals surface area contributed by atoms with Gasteiger partial charge in [0.15, 0.2) is 0 Å². The van der Waals surface area contributed by atoms with Gasteiger partial charge >= 0.3 is 0 Å². The number of alkyl halides is 1. The summed E-state index contributed by atoms with van der Waals surface area (Å²) in [5, 5.41) is 1.11. The summed E-state index contributed by atoms with van der Waals surface area (Å²) in [5.74, 6) is 0. The van der Waals surface area contributed by atoms with Crippen molar-refractivity contribution in [2.75, 3.05) is 5.33 Å². The molecule has 0 spiro atoms. The quantitative estimate of drug-likeness (QED) is 0.610. The molecular formula is C11H23Br. The van der Waals surface area contributed by atoms with E-state index in [2.05, 4.69) is 50.5 Å². The fourth-order valence-electron chi connectivity index (χ4n) is 0.920. The molecule has 0 N–H and O–H groups in total. The van der Waals surface area contributed by atoms with E-state index in [1.165, 1.54) is 19.3 Å². The second-order valence-electron chi connectivity index (χ2n) is 5.32. The molecule has 0 unspecified atom stereocenters. The molecule has 0 saturated heterocycles. The van der Waals surface area contributed by atoms with E-state index in [0.717, 1.165) is 5.33 Å². The molecule has 0 saturated carbocycles. The summed E-state index contributed by atoms with van der Waals surface area (Å²) in [6.07, 6.45) is 3.94. The van der Waals surface area contributed by atoms with E-state index in [1.807, 2.05) is 0 Å². The Morgan fingerprint density at radius 2 is 1.33 bits per heavy atom. The smallest absolute Gasteiger partial charge is 0.00826 e. The molecular weight excluding hydrogens is 212 g/mol. The summed E-state index contributed by atoms with van der Waals surface area (Å²) >= 11 is 3.56. The van der Waals surface area contributed by atoms with Crippen molar-refractivity contribution >= 4 is 15.9 Å². The van der Waals surface area contributed by atoms with Crippen molar-refractivity contribution in [3.63, 3.8) is 0 Å². The maximum Gasteiger partial charge on any atom is 0.00826 e. The summed E-state index contributed by atoms with van der Waals surface area (Å²) in [7, 11) is 0. The van der Waals surface area contributed by atoms with Gasteiger partial charge in [-0.1, -0.05) is 57.0 Å². The maximum atomic E-state index is 3.56. The fourth-order valence-corrected chi connectivity index (χ4v) is 1.20. The summed E-state index contributed by atoms with van der Waals surface area (Å²) in [6, 6.07) is 0. The first-order chi connectivity index (χ1) is 5.33. The van der Waals surface area contributed by atoms with Crippen LogP contribution in [-0.2, 0) is 0 Å². The predicted octanol–water partition coefficient (Wildman–Crippen LogP) is 4.62. The molecule has 0 rings (SSSR count). The Balaban J connectivity index is 3.82. The average Bonchev–Trinajstić information content (AvgIpc) is 2.02. The van der Waals surface area contributed by atoms with Crippen molar-refractivity contribution < 1.29 is 0 Å². The van der Waals surface area contributed by atoms with Gasteiger partial charge in [-0.15, -0.1) is 0 Å². The molecule has 0 aromatic carbocycles. The zero-order valence-electron chi connectivity index (χ0n) is 9.21. The summed E-state index contributed by atoms with van der Waals surface area (Å²) in [5.41, 5.74) is 0.992. The molecule has 0 aromatic heterocycles. The van der Waals surface area contributed by atoms with Gasteiger partial charge in [-0.2, -0.15) is 0 Å². The van der Waals surface area contributed by atoms with Crippen LogP contribution in [0.25, 0.3) is 0 Å². The molecule has 0 bridgehead atoms. The van der Waals surface area contributed by atoms with E-state index in [-0.39, 0.29) is 0 Å². The third-order valence-electron chi connectivity index (χ3n) is 2.80. The van der Waals surface area contributed by atoms with Gasteiger partial charge in [0.05, 0.1) is 0 Å². The topological polar surface area (TPSA) is 0 Å². The standard InChI is InChI=1S/C11H23Br/c1-6-10(2,3)7-8-11(4,5)9-12/h6-9H2,1-5H3. The molecule has 1 heteroatoms. The van der Waals surface area contributed by atoms with Crippen LogP contribution in [0.5, 0.6) is 0 Å². The Morgan fingerprint density at radius 1 is 0.917 bits per heavy atom. The van der Waals surface area contributed by atoms with Crippen LogP contribution in [0.1, 0.15) is 53.9 Å². The third-order valence-corrected chi connectivity index (χ3v) is 4.32. The van der Waals surface area contributed by atoms with Gasteiger partial charge in [-0.05, 0) is 23.7 Å². The largest absolute Gasteiger partial charge is 0.0922 e. The first kappa shape index (κ1) is 12.5. The van der Waals surface area contributed by atoms with E-state index in [9.17, 15) is 0 Å². The lowest BCUT2D eigenvalue weighted by Gasteiger charge is -2.29. The highest BCUT2D eigenvalue weighted by atomic mass is 79.9. The summed E-state index contributed by atoms with van der Waals surface area (Å²) < 4.78 is 0. The summed E-state index contributed by atoms with van der Waals surface area (Å²) in [4.78, 5) is 0. The number of rotatable bonds is 5. The van der Waals surface area contributed by atoms with Crippen molar-refractivity contribution in [2.24, 2.45) is 10.8 Å². The van der Waals surface area contributed by atoms with E-state index < -0.39 is 0 Å². The Morgan fingerprint density at radius 3 is 1.67 bits per heavy atom. The molecule has 0 aliphatic carbocycles. The lowest BCUT2D eigenvalue weighted by Crippen LogP contribution is -2.18. The second kappa shape index (κ2) is 4.64. The molecule has 0 amide bonds. The van der Waals surface area contributed by atoms with E-state index in [0.29, 0.717) is 10.8 Å². The predicted molar refractivity (Wildman–Crippen MR) is 60.9 cm³/mol. The van der Waals surface area contributed by atoms with Crippen molar-refractivity contribution in [2.45, 2.75) is 53.9 Å². The lowest BCUT2D eigenvalue weighted by molar-refractivity contribution is 0.252. The molecule has 74 valence electrons. The van der Waals surface area contributed by atoms with Gasteiger partial charge in [0, 0.05) is 5.33 Å². The molecule has 0 atom stereocenters. The molecule has 0 aliphatic rings. The van der Waals surface area contributed by atoms with Crippen LogP contribution < -0.4 is 0 Å². The Bertz CT molecular complexity index is 109. The lowest BCUT2D eigenvalue weighted by atomic mass is 9.79. The number of hydrogen-bond donors (Lipinski definition) is 0. The molecule has 0 heterocycles. The highest BCUT2D eigenvalue weighted by Crippen LogP contribution is 2.33. The monoisotopic (exact) mass is 234 g/mol. The molecule has 0 nitrogen and oxygen atoms in total. The van der Waals surface area contributed by atoms with Crippen molar-refractivity contribution in [1.29, 1.82) is 0 Å². The highest BCUT2D eigenvalue weighted by molar-refractivity contribution is 9.09. The van der Waals surface area contributed by atoms with Gasteiger partial charge in [0.1, 0.15) is 0 Å². The zero-order valence-corrected chi connectivity index (χ0v) is 10.8. The minimum Gasteiger partial charge on any atom is -0.0922 e. The van der Waals surface area contributed by atoms with Gasteiger partial charge in [0.25, 0.3) is 0 Å². The molecule has 12 heavy (non-hydrogen) atoms. The van der Waals surface area contributed by atoms with Gasteiger partial charge in [0.2, 0.25) is 0 Å². The van der Waals surface area contributed by atoms with E-state index in [4.69, 9.17) is 0 Å². The number of halogens is 1. The van der Waals surface area contributed by atoms with Crippen LogP contribution in [0.4, 0.5) is 0 Å². The zero-order chi connectivity index (χ0) is 9.83. The maximum absolute atomic E-state index is 3.56. The average molecular weight is 235 g/mol. The highest BCUT2D eigenvalue weighted by Gasteiger charge is 2.21. The minimum atomic E-state index is 0.465. The molecule has 0 aromatic rings. The van der Waals surface area contributed by atoms with Crippen LogP contribution in [0.3, 0.4) is 0 Å². The Labute approximate surface area is 86.3 Å². The van der Waals surface area contributed by atoms with Gasteiger partial charge < -0.3 is 0 Å². The fraction of sp³-hybridized carbons (Fsp3) is 1.00. The van der Waals surface area contributed by atoms with Crippen molar-refractivity contribution in [3.05, 3.63) is 0 Å². The molecule has 0 fully saturated rings. The van der Waals surface area contributed by atoms with Crippen LogP contribution in [0.2, 0.25) is 0 Å². The number of hydrogen-bond acceptors (Lipinski definition) is 0. The van der Waals surface area contributed by atoms with Crippen LogP contribution in [0.15, 0.2) is 0 Å². The Kier molecular flexibility index (Phi) is 4.83. The van der Waals surface area contributed by atoms with E-state index >= 15 is 0 Å². The SMILES string of the molecule is CCC(C)(C)CCC(C)(C)CBr. The summed E-state index contributed by atoms with van der Waals surface area (Å²) in [6.45, 7) is 11.6. The van der Waals surface area contributed by atoms with Crippen LogP contribution in [0, 0.1) is 10.8 Å².